The van der Waals surface area contributed by atoms with E-state index in [-0.39, 0.29) is 10.3 Å². The number of nitrogens with zero attached hydrogens (tertiary/aromatic N) is 4. The fourth-order valence-corrected chi connectivity index (χ4v) is 3.00. The molecular weight excluding hydrogens is 448 g/mol. The first kappa shape index (κ1) is 22.1. The Balaban J connectivity index is 2.18. The number of alkyl halides is 8. The summed E-state index contributed by atoms with van der Waals surface area (Å²) in [4.78, 5) is 16.7. The van der Waals surface area contributed by atoms with Gasteiger partial charge in [-0.1, -0.05) is 0 Å². The second-order valence-corrected chi connectivity index (χ2v) is 6.94. The molecule has 30 heavy (non-hydrogen) atoms. The lowest BCUT2D eigenvalue weighted by Crippen LogP contribution is -2.40. The number of thioether (sulfide) groups is 1. The molecule has 0 radical (unpaired) electrons. The predicted octanol–water partition coefficient (Wildman–Crippen LogP) is 4.50. The van der Waals surface area contributed by atoms with Gasteiger partial charge in [0.05, 0.1) is 11.8 Å². The van der Waals surface area contributed by atoms with Gasteiger partial charge in [0.25, 0.3) is 5.56 Å². The highest BCUT2D eigenvalue weighted by atomic mass is 32.2. The summed E-state index contributed by atoms with van der Waals surface area (Å²) in [6.45, 7) is -1.96. The molecule has 0 fully saturated rings. The average molecular weight is 458 g/mol. The predicted molar refractivity (Wildman–Crippen MR) is 90.5 cm³/mol. The van der Waals surface area contributed by atoms with E-state index >= 15 is 0 Å². The second-order valence-electron chi connectivity index (χ2n) is 6.06. The molecule has 0 aliphatic heterocycles. The van der Waals surface area contributed by atoms with Crippen molar-refractivity contribution in [1.29, 1.82) is 0 Å². The molecule has 0 bridgehead atoms. The van der Waals surface area contributed by atoms with E-state index in [1.54, 1.807) is 6.26 Å². The zero-order chi connectivity index (χ0) is 22.5. The molecule has 0 atom stereocenters. The zero-order valence-electron chi connectivity index (χ0n) is 14.7. The molecule has 0 saturated heterocycles. The Bertz CT molecular complexity index is 1150. The van der Waals surface area contributed by atoms with Crippen LogP contribution in [0.1, 0.15) is 5.69 Å². The number of fused-ring (bicyclic) bond motifs is 1. The number of halogens is 8. The molecule has 0 unspecified atom stereocenters. The monoisotopic (exact) mass is 458 g/mol. The van der Waals surface area contributed by atoms with Crippen molar-refractivity contribution < 1.29 is 35.1 Å². The summed E-state index contributed by atoms with van der Waals surface area (Å²) in [5.74, 6) is -5.17. The molecule has 0 spiro atoms. The van der Waals surface area contributed by atoms with Crippen LogP contribution in [0.4, 0.5) is 35.1 Å². The van der Waals surface area contributed by atoms with E-state index in [4.69, 9.17) is 0 Å². The summed E-state index contributed by atoms with van der Waals surface area (Å²) < 4.78 is 105. The molecule has 162 valence electrons. The van der Waals surface area contributed by atoms with E-state index in [0.29, 0.717) is 17.3 Å². The van der Waals surface area contributed by atoms with Crippen molar-refractivity contribution >= 4 is 17.4 Å². The maximum atomic E-state index is 13.5. The number of hydrogen-bond acceptors (Lipinski definition) is 4. The minimum atomic E-state index is -5.88. The van der Waals surface area contributed by atoms with Crippen LogP contribution in [-0.2, 0) is 12.7 Å². The van der Waals surface area contributed by atoms with Gasteiger partial charge in [-0.15, -0.1) is 11.8 Å². The fourth-order valence-electron chi connectivity index (χ4n) is 2.58. The van der Waals surface area contributed by atoms with Crippen molar-refractivity contribution in [2.45, 2.75) is 29.7 Å². The highest BCUT2D eigenvalue weighted by molar-refractivity contribution is 7.98. The molecule has 5 nitrogen and oxygen atoms in total. The highest BCUT2D eigenvalue weighted by Crippen LogP contribution is 2.37. The van der Waals surface area contributed by atoms with Gasteiger partial charge in [-0.25, -0.2) is 4.98 Å². The number of rotatable bonds is 4. The summed E-state index contributed by atoms with van der Waals surface area (Å²) >= 11 is 1.20. The van der Waals surface area contributed by atoms with E-state index in [1.165, 1.54) is 30.1 Å². The lowest BCUT2D eigenvalue weighted by Gasteiger charge is -2.19. The molecule has 0 aliphatic carbocycles. The third kappa shape index (κ3) is 4.00. The smallest absolute Gasteiger partial charge is 0.268 e. The second kappa shape index (κ2) is 7.25. The molecule has 14 heteroatoms. The van der Waals surface area contributed by atoms with Crippen molar-refractivity contribution in [3.05, 3.63) is 46.8 Å². The number of pyridine rings is 1. The van der Waals surface area contributed by atoms with Crippen molar-refractivity contribution in [2.75, 3.05) is 6.26 Å². The van der Waals surface area contributed by atoms with E-state index in [2.05, 4.69) is 10.1 Å². The largest absolute Gasteiger partial charge is 0.455 e. The Morgan fingerprint density at radius 2 is 1.77 bits per heavy atom. The first-order valence-electron chi connectivity index (χ1n) is 7.89. The van der Waals surface area contributed by atoms with Gasteiger partial charge in [-0.2, -0.15) is 40.2 Å². The van der Waals surface area contributed by atoms with Gasteiger partial charge >= 0.3 is 18.3 Å². The average Bonchev–Trinajstić information content (AvgIpc) is 3.06. The van der Waals surface area contributed by atoms with Crippen molar-refractivity contribution in [3.8, 4) is 11.1 Å². The van der Waals surface area contributed by atoms with Crippen LogP contribution in [-0.4, -0.2) is 37.5 Å². The van der Waals surface area contributed by atoms with Crippen molar-refractivity contribution in [3.63, 3.8) is 0 Å². The van der Waals surface area contributed by atoms with E-state index < -0.39 is 47.2 Å². The first-order valence-corrected chi connectivity index (χ1v) is 9.12. The molecule has 3 aromatic rings. The highest BCUT2D eigenvalue weighted by Gasteiger charge is 2.57. The summed E-state index contributed by atoms with van der Waals surface area (Å²) in [7, 11) is 0. The molecule has 0 amide bonds. The number of hydrogen-bond donors (Lipinski definition) is 0. The van der Waals surface area contributed by atoms with Crippen molar-refractivity contribution in [2.24, 2.45) is 0 Å². The lowest BCUT2D eigenvalue weighted by molar-refractivity contribution is -0.287. The van der Waals surface area contributed by atoms with Crippen LogP contribution in [0.15, 0.2) is 40.4 Å². The molecule has 0 aromatic carbocycles. The van der Waals surface area contributed by atoms with E-state index in [0.717, 1.165) is 4.40 Å². The quantitative estimate of drug-likeness (QED) is 0.427. The number of aromatic nitrogens is 4. The topological polar surface area (TPSA) is 52.2 Å². The van der Waals surface area contributed by atoms with Gasteiger partial charge in [0.1, 0.15) is 12.2 Å². The minimum Gasteiger partial charge on any atom is -0.268 e. The molecule has 0 aliphatic rings. The fraction of sp³-hybridized carbons (Fsp3) is 0.312. The molecular formula is C16H10F8N4OS. The lowest BCUT2D eigenvalue weighted by atomic mass is 10.1. The third-order valence-corrected chi connectivity index (χ3v) is 4.73. The van der Waals surface area contributed by atoms with Gasteiger partial charge in [0.2, 0.25) is 0 Å². The van der Waals surface area contributed by atoms with Gasteiger partial charge in [0, 0.05) is 22.9 Å². The van der Waals surface area contributed by atoms with Gasteiger partial charge in [-0.3, -0.25) is 13.9 Å². The Hall–Kier alpha value is -2.64. The molecule has 3 aromatic heterocycles. The Morgan fingerprint density at radius 1 is 1.10 bits per heavy atom. The van der Waals surface area contributed by atoms with Gasteiger partial charge in [-0.05, 0) is 18.4 Å². The van der Waals surface area contributed by atoms with Crippen LogP contribution in [0, 0.1) is 0 Å². The third-order valence-electron chi connectivity index (χ3n) is 4.00. The van der Waals surface area contributed by atoms with Gasteiger partial charge < -0.3 is 0 Å². The standard InChI is InChI=1S/C16H10F8N4OS/c1-30-9-2-3-28-10(4-9)26-12(15(19,20)21)11(13(28)29)8-5-25-27(6-8)7-14(17,18)16(22,23)24/h2-6H,7H2,1H3. The Kier molecular flexibility index (Phi) is 5.33. The van der Waals surface area contributed by atoms with E-state index in [1.807, 2.05) is 0 Å². The van der Waals surface area contributed by atoms with Crippen LogP contribution < -0.4 is 5.56 Å². The maximum absolute atomic E-state index is 13.5. The zero-order valence-corrected chi connectivity index (χ0v) is 15.5. The molecule has 3 rings (SSSR count). The Morgan fingerprint density at radius 3 is 2.33 bits per heavy atom. The summed E-state index contributed by atoms with van der Waals surface area (Å²) in [5.41, 5.74) is -4.70. The normalized spacial score (nSPS) is 13.2. The van der Waals surface area contributed by atoms with Crippen molar-refractivity contribution in [1.82, 2.24) is 19.2 Å². The molecule has 3 heterocycles. The summed E-state index contributed by atoms with van der Waals surface area (Å²) in [5, 5.41) is 3.25. The maximum Gasteiger partial charge on any atom is 0.455 e. The Labute approximate surface area is 166 Å². The van der Waals surface area contributed by atoms with Crippen LogP contribution in [0.5, 0.6) is 0 Å². The summed E-state index contributed by atoms with van der Waals surface area (Å²) in [6, 6.07) is 2.70. The first-order chi connectivity index (χ1) is 13.7. The van der Waals surface area contributed by atoms with Crippen LogP contribution in [0.3, 0.4) is 0 Å². The van der Waals surface area contributed by atoms with Crippen LogP contribution in [0.2, 0.25) is 0 Å². The molecule has 0 N–H and O–H groups in total. The molecule has 0 saturated carbocycles. The summed E-state index contributed by atoms with van der Waals surface area (Å²) in [6.07, 6.45) is -7.03. The van der Waals surface area contributed by atoms with Gasteiger partial charge in [0.15, 0.2) is 5.69 Å². The van der Waals surface area contributed by atoms with Crippen LogP contribution in [0.25, 0.3) is 16.8 Å². The minimum absolute atomic E-state index is 0.119. The van der Waals surface area contributed by atoms with E-state index in [9.17, 15) is 39.9 Å². The van der Waals surface area contributed by atoms with Crippen LogP contribution >= 0.6 is 11.8 Å². The SMILES string of the molecule is CSc1ccn2c(=O)c(-c3cnn(CC(F)(F)C(F)(F)F)c3)c(C(F)(F)F)nc2c1.